The zero-order valence-electron chi connectivity index (χ0n) is 10.8. The van der Waals surface area contributed by atoms with Gasteiger partial charge in [0.1, 0.15) is 6.61 Å². The van der Waals surface area contributed by atoms with E-state index in [-0.39, 0.29) is 6.09 Å². The molecule has 1 unspecified atom stereocenters. The largest absolute Gasteiger partial charge is 0.445 e. The highest BCUT2D eigenvalue weighted by molar-refractivity contribution is 5.67. The zero-order valence-corrected chi connectivity index (χ0v) is 10.8. The van der Waals surface area contributed by atoms with Gasteiger partial charge in [0, 0.05) is 13.6 Å². The van der Waals surface area contributed by atoms with E-state index in [1.54, 1.807) is 11.9 Å². The van der Waals surface area contributed by atoms with Crippen LogP contribution >= 0.6 is 0 Å². The van der Waals surface area contributed by atoms with E-state index >= 15 is 0 Å². The average Bonchev–Trinajstić information content (AvgIpc) is 2.90. The van der Waals surface area contributed by atoms with Crippen molar-refractivity contribution in [2.45, 2.75) is 13.0 Å². The van der Waals surface area contributed by atoms with Gasteiger partial charge in [0.15, 0.2) is 0 Å². The Morgan fingerprint density at radius 2 is 2.22 bits per heavy atom. The van der Waals surface area contributed by atoms with Crippen molar-refractivity contribution in [3.05, 3.63) is 35.9 Å². The molecule has 0 aromatic heterocycles. The molecule has 1 aliphatic rings. The Bertz CT molecular complexity index is 375. The first-order valence-electron chi connectivity index (χ1n) is 6.38. The summed E-state index contributed by atoms with van der Waals surface area (Å²) >= 11 is 0. The van der Waals surface area contributed by atoms with E-state index in [1.807, 2.05) is 30.3 Å². The van der Waals surface area contributed by atoms with E-state index in [2.05, 4.69) is 5.32 Å². The van der Waals surface area contributed by atoms with E-state index in [0.717, 1.165) is 31.6 Å². The van der Waals surface area contributed by atoms with Crippen LogP contribution in [0, 0.1) is 5.92 Å². The van der Waals surface area contributed by atoms with Crippen molar-refractivity contribution in [2.75, 3.05) is 26.7 Å². The summed E-state index contributed by atoms with van der Waals surface area (Å²) in [6, 6.07) is 9.74. The van der Waals surface area contributed by atoms with Crippen LogP contribution in [0.25, 0.3) is 0 Å². The Hall–Kier alpha value is -1.55. The molecular formula is C14H20N2O2. The summed E-state index contributed by atoms with van der Waals surface area (Å²) in [6.45, 7) is 3.15. The molecule has 1 aromatic carbocycles. The van der Waals surface area contributed by atoms with Gasteiger partial charge in [-0.3, -0.25) is 0 Å². The quantitative estimate of drug-likeness (QED) is 0.884. The van der Waals surface area contributed by atoms with Crippen molar-refractivity contribution in [2.24, 2.45) is 5.92 Å². The molecule has 1 heterocycles. The van der Waals surface area contributed by atoms with Crippen molar-refractivity contribution in [1.82, 2.24) is 10.2 Å². The number of ether oxygens (including phenoxy) is 1. The second-order valence-electron chi connectivity index (χ2n) is 4.78. The molecule has 0 bridgehead atoms. The van der Waals surface area contributed by atoms with E-state index in [4.69, 9.17) is 4.74 Å². The Kier molecular flexibility index (Phi) is 4.59. The summed E-state index contributed by atoms with van der Waals surface area (Å²) in [5.41, 5.74) is 1.02. The first kappa shape index (κ1) is 12.9. The number of rotatable bonds is 4. The summed E-state index contributed by atoms with van der Waals surface area (Å²) in [5, 5.41) is 3.30. The zero-order chi connectivity index (χ0) is 12.8. The summed E-state index contributed by atoms with van der Waals surface area (Å²) in [5.74, 6) is 0.555. The second-order valence-corrected chi connectivity index (χ2v) is 4.78. The van der Waals surface area contributed by atoms with Gasteiger partial charge in [-0.25, -0.2) is 4.79 Å². The van der Waals surface area contributed by atoms with Gasteiger partial charge in [-0.1, -0.05) is 30.3 Å². The van der Waals surface area contributed by atoms with Crippen LogP contribution in [0.15, 0.2) is 30.3 Å². The first-order valence-corrected chi connectivity index (χ1v) is 6.38. The molecule has 0 saturated carbocycles. The fourth-order valence-electron chi connectivity index (χ4n) is 2.16. The van der Waals surface area contributed by atoms with Crippen molar-refractivity contribution in [1.29, 1.82) is 0 Å². The summed E-state index contributed by atoms with van der Waals surface area (Å²) in [6.07, 6.45) is 0.891. The van der Waals surface area contributed by atoms with Crippen molar-refractivity contribution in [3.8, 4) is 0 Å². The molecule has 1 N–H and O–H groups in total. The Balaban J connectivity index is 1.73. The molecule has 1 atom stereocenters. The lowest BCUT2D eigenvalue weighted by Crippen LogP contribution is -2.33. The number of nitrogens with one attached hydrogen (secondary N) is 1. The molecule has 0 aliphatic carbocycles. The SMILES string of the molecule is CN(CC1CCNC1)C(=O)OCc1ccccc1. The average molecular weight is 248 g/mol. The minimum atomic E-state index is -0.245. The van der Waals surface area contributed by atoms with E-state index in [9.17, 15) is 4.79 Å². The predicted molar refractivity (Wildman–Crippen MR) is 70.2 cm³/mol. The lowest BCUT2D eigenvalue weighted by Gasteiger charge is -2.20. The molecule has 1 aliphatic heterocycles. The second kappa shape index (κ2) is 6.40. The van der Waals surface area contributed by atoms with Gasteiger partial charge in [0.05, 0.1) is 0 Å². The van der Waals surface area contributed by atoms with Gasteiger partial charge >= 0.3 is 6.09 Å². The Morgan fingerprint density at radius 3 is 2.89 bits per heavy atom. The Labute approximate surface area is 108 Å². The maximum atomic E-state index is 11.8. The Morgan fingerprint density at radius 1 is 1.44 bits per heavy atom. The van der Waals surface area contributed by atoms with Gasteiger partial charge in [-0.05, 0) is 31.0 Å². The molecule has 18 heavy (non-hydrogen) atoms. The molecule has 0 spiro atoms. The highest BCUT2D eigenvalue weighted by Crippen LogP contribution is 2.10. The van der Waals surface area contributed by atoms with Gasteiger partial charge in [0.2, 0.25) is 0 Å². The van der Waals surface area contributed by atoms with Gasteiger partial charge < -0.3 is 15.0 Å². The van der Waals surface area contributed by atoms with Crippen LogP contribution in [-0.4, -0.2) is 37.7 Å². The number of amides is 1. The highest BCUT2D eigenvalue weighted by atomic mass is 16.6. The van der Waals surface area contributed by atoms with E-state index in [1.165, 1.54) is 0 Å². The normalized spacial score (nSPS) is 18.6. The van der Waals surface area contributed by atoms with Crippen LogP contribution < -0.4 is 5.32 Å². The summed E-state index contributed by atoms with van der Waals surface area (Å²) < 4.78 is 5.27. The number of nitrogens with zero attached hydrogens (tertiary/aromatic N) is 1. The number of carbonyl (C=O) groups is 1. The van der Waals surface area contributed by atoms with E-state index in [0.29, 0.717) is 12.5 Å². The molecule has 1 fully saturated rings. The molecule has 1 saturated heterocycles. The van der Waals surface area contributed by atoms with E-state index < -0.39 is 0 Å². The third kappa shape index (κ3) is 3.74. The maximum absolute atomic E-state index is 11.8. The third-order valence-electron chi connectivity index (χ3n) is 3.21. The first-order chi connectivity index (χ1) is 8.75. The van der Waals surface area contributed by atoms with Crippen molar-refractivity contribution < 1.29 is 9.53 Å². The molecule has 1 amide bonds. The number of hydrogen-bond acceptors (Lipinski definition) is 3. The fraction of sp³-hybridized carbons (Fsp3) is 0.500. The summed E-state index contributed by atoms with van der Waals surface area (Å²) in [4.78, 5) is 13.5. The number of benzene rings is 1. The molecule has 2 rings (SSSR count). The topological polar surface area (TPSA) is 41.6 Å². The van der Waals surface area contributed by atoms with Gasteiger partial charge in [-0.15, -0.1) is 0 Å². The molecule has 4 nitrogen and oxygen atoms in total. The molecule has 1 aromatic rings. The minimum absolute atomic E-state index is 0.245. The van der Waals surface area contributed by atoms with Crippen LogP contribution in [0.2, 0.25) is 0 Å². The number of hydrogen-bond donors (Lipinski definition) is 1. The highest BCUT2D eigenvalue weighted by Gasteiger charge is 2.19. The van der Waals surface area contributed by atoms with Crippen LogP contribution in [0.4, 0.5) is 4.79 Å². The lowest BCUT2D eigenvalue weighted by molar-refractivity contribution is 0.100. The monoisotopic (exact) mass is 248 g/mol. The standard InChI is InChI=1S/C14H20N2O2/c1-16(10-13-7-8-15-9-13)14(17)18-11-12-5-3-2-4-6-12/h2-6,13,15H,7-11H2,1H3. The fourth-order valence-corrected chi connectivity index (χ4v) is 2.16. The maximum Gasteiger partial charge on any atom is 0.409 e. The third-order valence-corrected chi connectivity index (χ3v) is 3.21. The van der Waals surface area contributed by atoms with Crippen LogP contribution in [0.3, 0.4) is 0 Å². The van der Waals surface area contributed by atoms with Crippen molar-refractivity contribution in [3.63, 3.8) is 0 Å². The van der Waals surface area contributed by atoms with Crippen molar-refractivity contribution >= 4 is 6.09 Å². The smallest absolute Gasteiger partial charge is 0.409 e. The molecular weight excluding hydrogens is 228 g/mol. The lowest BCUT2D eigenvalue weighted by atomic mass is 10.1. The number of carbonyl (C=O) groups excluding carboxylic acids is 1. The van der Waals surface area contributed by atoms with Gasteiger partial charge in [-0.2, -0.15) is 0 Å². The van der Waals surface area contributed by atoms with Crippen LogP contribution in [-0.2, 0) is 11.3 Å². The van der Waals surface area contributed by atoms with Crippen LogP contribution in [0.1, 0.15) is 12.0 Å². The summed E-state index contributed by atoms with van der Waals surface area (Å²) in [7, 11) is 1.80. The van der Waals surface area contributed by atoms with Gasteiger partial charge in [0.25, 0.3) is 0 Å². The molecule has 98 valence electrons. The predicted octanol–water partition coefficient (Wildman–Crippen LogP) is 1.86. The molecule has 0 radical (unpaired) electrons. The molecule has 4 heteroatoms. The minimum Gasteiger partial charge on any atom is -0.445 e. The van der Waals surface area contributed by atoms with Crippen LogP contribution in [0.5, 0.6) is 0 Å².